The zero-order valence-corrected chi connectivity index (χ0v) is 9.86. The smallest absolute Gasteiger partial charge is 0.387 e. The fourth-order valence-corrected chi connectivity index (χ4v) is 1.46. The average molecular weight is 260 g/mol. The lowest BCUT2D eigenvalue weighted by Crippen LogP contribution is -2.06. The predicted octanol–water partition coefficient (Wildman–Crippen LogP) is 2.70. The molecule has 0 aliphatic rings. The van der Waals surface area contributed by atoms with Gasteiger partial charge in [0.15, 0.2) is 0 Å². The molecule has 1 aromatic rings. The Kier molecular flexibility index (Phi) is 5.35. The minimum Gasteiger partial charge on any atom is -0.494 e. The zero-order valence-electron chi connectivity index (χ0n) is 9.86. The third-order valence-corrected chi connectivity index (χ3v) is 2.17. The van der Waals surface area contributed by atoms with Crippen LogP contribution in [-0.4, -0.2) is 24.3 Å². The molecule has 0 spiro atoms. The molecule has 6 heteroatoms. The van der Waals surface area contributed by atoms with Gasteiger partial charge < -0.3 is 14.6 Å². The average Bonchev–Trinajstić information content (AvgIpc) is 2.28. The largest absolute Gasteiger partial charge is 0.494 e. The van der Waals surface area contributed by atoms with Crippen LogP contribution in [0.4, 0.5) is 8.78 Å². The SMILES string of the molecule is CCOc1ccc(OC(F)F)c(CCC(=O)O)c1. The first-order chi connectivity index (χ1) is 8.52. The molecule has 0 atom stereocenters. The van der Waals surface area contributed by atoms with Crippen LogP contribution in [-0.2, 0) is 11.2 Å². The highest BCUT2D eigenvalue weighted by Gasteiger charge is 2.12. The molecular formula is C12H14F2O4. The number of rotatable bonds is 7. The van der Waals surface area contributed by atoms with Gasteiger partial charge in [0.05, 0.1) is 6.61 Å². The van der Waals surface area contributed by atoms with Crippen molar-refractivity contribution in [2.24, 2.45) is 0 Å². The number of hydrogen-bond donors (Lipinski definition) is 1. The summed E-state index contributed by atoms with van der Waals surface area (Å²) in [5, 5.41) is 8.60. The van der Waals surface area contributed by atoms with Gasteiger partial charge in [-0.25, -0.2) is 0 Å². The van der Waals surface area contributed by atoms with Crippen LogP contribution in [0.2, 0.25) is 0 Å². The van der Waals surface area contributed by atoms with Crippen LogP contribution in [0, 0.1) is 0 Å². The van der Waals surface area contributed by atoms with E-state index in [0.717, 1.165) is 0 Å². The second-order valence-electron chi connectivity index (χ2n) is 3.47. The first kappa shape index (κ1) is 14.2. The van der Waals surface area contributed by atoms with Gasteiger partial charge in [0.1, 0.15) is 11.5 Å². The molecule has 0 aliphatic carbocycles. The number of aryl methyl sites for hydroxylation is 1. The van der Waals surface area contributed by atoms with Crippen molar-refractivity contribution < 1.29 is 28.2 Å². The number of benzene rings is 1. The monoisotopic (exact) mass is 260 g/mol. The van der Waals surface area contributed by atoms with Crippen LogP contribution in [0.3, 0.4) is 0 Å². The number of hydrogen-bond acceptors (Lipinski definition) is 3. The van der Waals surface area contributed by atoms with Crippen molar-refractivity contribution in [1.82, 2.24) is 0 Å². The van der Waals surface area contributed by atoms with E-state index in [4.69, 9.17) is 9.84 Å². The first-order valence-corrected chi connectivity index (χ1v) is 5.45. The molecule has 0 saturated heterocycles. The Labute approximate surface area is 103 Å². The van der Waals surface area contributed by atoms with Gasteiger partial charge in [0.2, 0.25) is 0 Å². The Hall–Kier alpha value is -1.85. The number of alkyl halides is 2. The van der Waals surface area contributed by atoms with E-state index < -0.39 is 12.6 Å². The van der Waals surface area contributed by atoms with Crippen LogP contribution < -0.4 is 9.47 Å². The number of carboxylic acid groups (broad SMARTS) is 1. The van der Waals surface area contributed by atoms with Crippen molar-refractivity contribution >= 4 is 5.97 Å². The van der Waals surface area contributed by atoms with Gasteiger partial charge in [-0.3, -0.25) is 4.79 Å². The molecule has 0 saturated carbocycles. The molecule has 1 N–H and O–H groups in total. The van der Waals surface area contributed by atoms with Gasteiger partial charge in [-0.2, -0.15) is 8.78 Å². The van der Waals surface area contributed by atoms with Crippen LogP contribution in [0.15, 0.2) is 18.2 Å². The van der Waals surface area contributed by atoms with E-state index in [1.54, 1.807) is 6.92 Å². The van der Waals surface area contributed by atoms with Gasteiger partial charge >= 0.3 is 12.6 Å². The van der Waals surface area contributed by atoms with E-state index in [0.29, 0.717) is 17.9 Å². The molecule has 0 unspecified atom stereocenters. The summed E-state index contributed by atoms with van der Waals surface area (Å²) in [5.74, 6) is -0.519. The fourth-order valence-electron chi connectivity index (χ4n) is 1.46. The molecule has 0 fully saturated rings. The second kappa shape index (κ2) is 6.78. The highest BCUT2D eigenvalue weighted by Crippen LogP contribution is 2.27. The maximum absolute atomic E-state index is 12.2. The Morgan fingerprint density at radius 1 is 1.44 bits per heavy atom. The van der Waals surface area contributed by atoms with Crippen LogP contribution in [0.5, 0.6) is 11.5 Å². The molecule has 0 aliphatic heterocycles. The third-order valence-electron chi connectivity index (χ3n) is 2.17. The summed E-state index contributed by atoms with van der Waals surface area (Å²) in [5.41, 5.74) is 0.392. The Bertz CT molecular complexity index is 407. The Morgan fingerprint density at radius 2 is 2.17 bits per heavy atom. The van der Waals surface area contributed by atoms with Crippen molar-refractivity contribution in [1.29, 1.82) is 0 Å². The molecule has 0 bridgehead atoms. The van der Waals surface area contributed by atoms with Crippen LogP contribution >= 0.6 is 0 Å². The summed E-state index contributed by atoms with van der Waals surface area (Å²) in [4.78, 5) is 10.5. The van der Waals surface area contributed by atoms with Crippen LogP contribution in [0.1, 0.15) is 18.9 Å². The number of carbonyl (C=O) groups is 1. The van der Waals surface area contributed by atoms with Gasteiger partial charge in [-0.05, 0) is 37.1 Å². The van der Waals surface area contributed by atoms with Crippen LogP contribution in [0.25, 0.3) is 0 Å². The number of ether oxygens (including phenoxy) is 2. The quantitative estimate of drug-likeness (QED) is 0.819. The summed E-state index contributed by atoms with van der Waals surface area (Å²) in [6, 6.07) is 4.38. The summed E-state index contributed by atoms with van der Waals surface area (Å²) >= 11 is 0. The first-order valence-electron chi connectivity index (χ1n) is 5.45. The van der Waals surface area contributed by atoms with Gasteiger partial charge in [0.25, 0.3) is 0 Å². The lowest BCUT2D eigenvalue weighted by atomic mass is 10.1. The predicted molar refractivity (Wildman–Crippen MR) is 60.2 cm³/mol. The summed E-state index contributed by atoms with van der Waals surface area (Å²) in [6.45, 7) is -0.708. The van der Waals surface area contributed by atoms with E-state index in [1.165, 1.54) is 18.2 Å². The number of aliphatic carboxylic acids is 1. The highest BCUT2D eigenvalue weighted by molar-refractivity contribution is 5.67. The second-order valence-corrected chi connectivity index (χ2v) is 3.47. The molecule has 1 rings (SSSR count). The van der Waals surface area contributed by atoms with Gasteiger partial charge in [-0.1, -0.05) is 0 Å². The lowest BCUT2D eigenvalue weighted by molar-refractivity contribution is -0.136. The van der Waals surface area contributed by atoms with E-state index in [9.17, 15) is 13.6 Å². The molecule has 0 aromatic heterocycles. The molecule has 18 heavy (non-hydrogen) atoms. The molecule has 100 valence electrons. The van der Waals surface area contributed by atoms with E-state index >= 15 is 0 Å². The molecule has 4 nitrogen and oxygen atoms in total. The van der Waals surface area contributed by atoms with E-state index in [1.807, 2.05) is 0 Å². The Balaban J connectivity index is 2.89. The molecular weight excluding hydrogens is 246 g/mol. The highest BCUT2D eigenvalue weighted by atomic mass is 19.3. The maximum Gasteiger partial charge on any atom is 0.387 e. The van der Waals surface area contributed by atoms with Gasteiger partial charge in [-0.15, -0.1) is 0 Å². The number of halogens is 2. The standard InChI is InChI=1S/C12H14F2O4/c1-2-17-9-4-5-10(18-12(13)14)8(7-9)3-6-11(15)16/h4-5,7,12H,2-3,6H2,1H3,(H,15,16). The molecule has 1 aromatic carbocycles. The van der Waals surface area contributed by atoms with Crippen molar-refractivity contribution in [2.45, 2.75) is 26.4 Å². The third kappa shape index (κ3) is 4.57. The molecule has 0 radical (unpaired) electrons. The maximum atomic E-state index is 12.2. The molecule has 0 heterocycles. The summed E-state index contributed by atoms with van der Waals surface area (Å²) in [7, 11) is 0. The number of carboxylic acids is 1. The van der Waals surface area contributed by atoms with Crippen molar-refractivity contribution in [2.75, 3.05) is 6.61 Å². The van der Waals surface area contributed by atoms with Crippen molar-refractivity contribution in [3.05, 3.63) is 23.8 Å². The summed E-state index contributed by atoms with van der Waals surface area (Å²) in [6.07, 6.45) is -0.0481. The fraction of sp³-hybridized carbons (Fsp3) is 0.417. The normalized spacial score (nSPS) is 10.4. The molecule has 0 amide bonds. The topological polar surface area (TPSA) is 55.8 Å². The summed E-state index contributed by atoms with van der Waals surface area (Å²) < 4.78 is 33.9. The zero-order chi connectivity index (χ0) is 13.5. The van der Waals surface area contributed by atoms with E-state index in [-0.39, 0.29) is 18.6 Å². The Morgan fingerprint density at radius 3 is 2.72 bits per heavy atom. The minimum absolute atomic E-state index is 0.0188. The van der Waals surface area contributed by atoms with Crippen molar-refractivity contribution in [3.8, 4) is 11.5 Å². The van der Waals surface area contributed by atoms with E-state index in [2.05, 4.69) is 4.74 Å². The lowest BCUT2D eigenvalue weighted by Gasteiger charge is -2.12. The minimum atomic E-state index is -2.94. The van der Waals surface area contributed by atoms with Crippen molar-refractivity contribution in [3.63, 3.8) is 0 Å². The van der Waals surface area contributed by atoms with Gasteiger partial charge in [0, 0.05) is 6.42 Å².